The topological polar surface area (TPSA) is 48.2 Å². The zero-order valence-corrected chi connectivity index (χ0v) is 17.1. The highest BCUT2D eigenvalue weighted by atomic mass is 16.4. The smallest absolute Gasteiger partial charge is 0.423 e. The first-order valence-corrected chi connectivity index (χ1v) is 10.4. The maximum absolute atomic E-state index is 9.48. The lowest BCUT2D eigenvalue weighted by atomic mass is 9.79. The molecule has 0 aliphatic rings. The predicted octanol–water partition coefficient (Wildman–Crippen LogP) is 2.34. The lowest BCUT2D eigenvalue weighted by Gasteiger charge is -2.07. The molecule has 0 aliphatic heterocycles. The Labute approximate surface area is 181 Å². The van der Waals surface area contributed by atoms with Gasteiger partial charge in [-0.2, -0.15) is 9.13 Å². The van der Waals surface area contributed by atoms with Crippen molar-refractivity contribution >= 4 is 34.4 Å². The molecule has 5 aromatic rings. The van der Waals surface area contributed by atoms with Gasteiger partial charge >= 0.3 is 7.12 Å². The zero-order valence-electron chi connectivity index (χ0n) is 17.1. The number of rotatable bonds is 5. The molecule has 2 aromatic heterocycles. The van der Waals surface area contributed by atoms with Crippen molar-refractivity contribution < 1.29 is 19.2 Å². The standard InChI is InChI=1S/C26H23BN2O2/c30-27(31)22-10-4-9-21(17-22)19-29-16-6-12-24-23-11-5-15-28(25(23)13-14-26(24)29)18-20-7-2-1-3-8-20/h1-17,30-31H,18-19H2/q+2. The van der Waals surface area contributed by atoms with Crippen molar-refractivity contribution in [3.8, 4) is 0 Å². The molecular formula is C26H23BN2O2+2. The first-order chi connectivity index (χ1) is 15.2. The van der Waals surface area contributed by atoms with Gasteiger partial charge in [-0.05, 0) is 17.6 Å². The normalized spacial score (nSPS) is 11.2. The highest BCUT2D eigenvalue weighted by Crippen LogP contribution is 2.21. The van der Waals surface area contributed by atoms with E-state index in [2.05, 4.69) is 82.2 Å². The average Bonchev–Trinajstić information content (AvgIpc) is 2.80. The Morgan fingerprint density at radius 3 is 1.77 bits per heavy atom. The molecule has 3 aromatic carbocycles. The lowest BCUT2D eigenvalue weighted by molar-refractivity contribution is -0.664. The number of pyridine rings is 2. The van der Waals surface area contributed by atoms with Gasteiger partial charge in [-0.25, -0.2) is 0 Å². The molecule has 0 saturated carbocycles. The number of hydrogen-bond acceptors (Lipinski definition) is 2. The molecule has 0 spiro atoms. The van der Waals surface area contributed by atoms with Gasteiger partial charge in [0.15, 0.2) is 25.5 Å². The van der Waals surface area contributed by atoms with E-state index in [1.807, 2.05) is 24.3 Å². The highest BCUT2D eigenvalue weighted by molar-refractivity contribution is 6.58. The zero-order chi connectivity index (χ0) is 21.2. The van der Waals surface area contributed by atoms with Crippen LogP contribution >= 0.6 is 0 Å². The SMILES string of the molecule is OB(O)c1cccc(C[n+]2cccc3c4ccc[n+](Cc5ccccc5)c4ccc32)c1. The van der Waals surface area contributed by atoms with Crippen molar-refractivity contribution in [3.63, 3.8) is 0 Å². The minimum atomic E-state index is -1.46. The maximum Gasteiger partial charge on any atom is 0.488 e. The number of aromatic nitrogens is 2. The maximum atomic E-state index is 9.48. The molecule has 5 heteroatoms. The van der Waals surface area contributed by atoms with Gasteiger partial charge in [0, 0.05) is 35.4 Å². The van der Waals surface area contributed by atoms with Crippen LogP contribution in [0.4, 0.5) is 0 Å². The summed E-state index contributed by atoms with van der Waals surface area (Å²) in [5, 5.41) is 21.4. The fraction of sp³-hybridized carbons (Fsp3) is 0.0769. The van der Waals surface area contributed by atoms with E-state index in [0.29, 0.717) is 12.0 Å². The molecule has 0 atom stereocenters. The summed E-state index contributed by atoms with van der Waals surface area (Å²) in [5.41, 5.74) is 5.14. The fourth-order valence-corrected chi connectivity index (χ4v) is 4.22. The molecule has 4 nitrogen and oxygen atoms in total. The van der Waals surface area contributed by atoms with Crippen LogP contribution in [-0.4, -0.2) is 17.2 Å². The van der Waals surface area contributed by atoms with Crippen LogP contribution in [0.25, 0.3) is 21.8 Å². The summed E-state index contributed by atoms with van der Waals surface area (Å²) in [5.74, 6) is 0. The van der Waals surface area contributed by atoms with Gasteiger partial charge in [0.05, 0.1) is 10.8 Å². The van der Waals surface area contributed by atoms with E-state index in [4.69, 9.17) is 0 Å². The molecule has 0 unspecified atom stereocenters. The summed E-state index contributed by atoms with van der Waals surface area (Å²) in [4.78, 5) is 0. The van der Waals surface area contributed by atoms with Crippen LogP contribution in [0.15, 0.2) is 103 Å². The van der Waals surface area contributed by atoms with E-state index in [9.17, 15) is 10.0 Å². The van der Waals surface area contributed by atoms with Gasteiger partial charge in [-0.3, -0.25) is 0 Å². The number of benzene rings is 3. The Bertz CT molecular complexity index is 1370. The van der Waals surface area contributed by atoms with Crippen molar-refractivity contribution in [3.05, 3.63) is 115 Å². The fourth-order valence-electron chi connectivity index (χ4n) is 4.22. The van der Waals surface area contributed by atoms with Crippen LogP contribution in [0.1, 0.15) is 11.1 Å². The molecule has 0 saturated heterocycles. The quantitative estimate of drug-likeness (QED) is 0.268. The van der Waals surface area contributed by atoms with Crippen molar-refractivity contribution in [2.45, 2.75) is 13.1 Å². The van der Waals surface area contributed by atoms with Gasteiger partial charge in [-0.1, -0.05) is 54.6 Å². The van der Waals surface area contributed by atoms with E-state index in [1.54, 1.807) is 6.07 Å². The van der Waals surface area contributed by atoms with Crippen LogP contribution in [0, 0.1) is 0 Å². The highest BCUT2D eigenvalue weighted by Gasteiger charge is 2.18. The number of fused-ring (bicyclic) bond motifs is 3. The van der Waals surface area contributed by atoms with E-state index < -0.39 is 7.12 Å². The molecule has 31 heavy (non-hydrogen) atoms. The first kappa shape index (κ1) is 19.4. The monoisotopic (exact) mass is 406 g/mol. The second kappa shape index (κ2) is 8.30. The van der Waals surface area contributed by atoms with Gasteiger partial charge in [0.1, 0.15) is 0 Å². The largest absolute Gasteiger partial charge is 0.488 e. The van der Waals surface area contributed by atoms with Crippen LogP contribution < -0.4 is 14.6 Å². The predicted molar refractivity (Wildman–Crippen MR) is 123 cm³/mol. The van der Waals surface area contributed by atoms with Crippen LogP contribution in [0.2, 0.25) is 0 Å². The van der Waals surface area contributed by atoms with E-state index in [-0.39, 0.29) is 0 Å². The summed E-state index contributed by atoms with van der Waals surface area (Å²) in [6.07, 6.45) is 4.20. The van der Waals surface area contributed by atoms with Gasteiger partial charge < -0.3 is 10.0 Å². The Morgan fingerprint density at radius 1 is 0.581 bits per heavy atom. The Morgan fingerprint density at radius 2 is 1.16 bits per heavy atom. The molecule has 0 radical (unpaired) electrons. The minimum Gasteiger partial charge on any atom is -0.423 e. The molecule has 0 fully saturated rings. The second-order valence-corrected chi connectivity index (χ2v) is 7.81. The van der Waals surface area contributed by atoms with Crippen molar-refractivity contribution in [1.82, 2.24) is 0 Å². The second-order valence-electron chi connectivity index (χ2n) is 7.81. The molecule has 2 heterocycles. The Hall–Kier alpha value is -3.54. The number of nitrogens with zero attached hydrogens (tertiary/aromatic N) is 2. The van der Waals surface area contributed by atoms with Crippen molar-refractivity contribution in [1.29, 1.82) is 0 Å². The molecule has 2 N–H and O–H groups in total. The lowest BCUT2D eigenvalue weighted by Crippen LogP contribution is -2.37. The summed E-state index contributed by atoms with van der Waals surface area (Å²) < 4.78 is 4.49. The molecular weight excluding hydrogens is 383 g/mol. The van der Waals surface area contributed by atoms with Gasteiger partial charge in [0.2, 0.25) is 11.0 Å². The van der Waals surface area contributed by atoms with Crippen LogP contribution in [-0.2, 0) is 13.1 Å². The van der Waals surface area contributed by atoms with E-state index in [1.165, 1.54) is 21.9 Å². The summed E-state index contributed by atoms with van der Waals surface area (Å²) in [6, 6.07) is 30.8. The van der Waals surface area contributed by atoms with Crippen LogP contribution in [0.3, 0.4) is 0 Å². The third-order valence-electron chi connectivity index (χ3n) is 5.72. The summed E-state index contributed by atoms with van der Waals surface area (Å²) >= 11 is 0. The van der Waals surface area contributed by atoms with Crippen molar-refractivity contribution in [2.75, 3.05) is 0 Å². The third-order valence-corrected chi connectivity index (χ3v) is 5.72. The Kier molecular flexibility index (Phi) is 5.20. The average molecular weight is 406 g/mol. The van der Waals surface area contributed by atoms with E-state index >= 15 is 0 Å². The third kappa shape index (κ3) is 3.93. The Balaban J connectivity index is 1.57. The first-order valence-electron chi connectivity index (χ1n) is 10.4. The van der Waals surface area contributed by atoms with Gasteiger partial charge in [0.25, 0.3) is 0 Å². The molecule has 150 valence electrons. The summed E-state index contributed by atoms with van der Waals surface area (Å²) in [6.45, 7) is 1.48. The minimum absolute atomic E-state index is 0.505. The number of hydrogen-bond donors (Lipinski definition) is 2. The molecule has 0 bridgehead atoms. The van der Waals surface area contributed by atoms with Gasteiger partial charge in [-0.15, -0.1) is 0 Å². The summed E-state index contributed by atoms with van der Waals surface area (Å²) in [7, 11) is -1.46. The molecule has 5 rings (SSSR count). The van der Waals surface area contributed by atoms with E-state index in [0.717, 1.165) is 17.6 Å². The molecule has 0 aliphatic carbocycles. The van der Waals surface area contributed by atoms with Crippen LogP contribution in [0.5, 0.6) is 0 Å². The van der Waals surface area contributed by atoms with Crippen molar-refractivity contribution in [2.24, 2.45) is 0 Å². The molecule has 0 amide bonds.